The van der Waals surface area contributed by atoms with E-state index in [1.165, 1.54) is 16.3 Å². The van der Waals surface area contributed by atoms with Crippen molar-refractivity contribution < 1.29 is 23.8 Å². The number of rotatable bonds is 3. The summed E-state index contributed by atoms with van der Waals surface area (Å²) in [6, 6.07) is 0. The van der Waals surface area contributed by atoms with Crippen LogP contribution in [0.5, 0.6) is 5.88 Å². The highest BCUT2D eigenvalue weighted by atomic mass is 32.2. The Morgan fingerprint density at radius 1 is 1.06 bits per heavy atom. The van der Waals surface area contributed by atoms with Crippen molar-refractivity contribution in [2.75, 3.05) is 5.75 Å². The quantitative estimate of drug-likeness (QED) is 0.517. The molecule has 1 N–H and O–H groups in total. The van der Waals surface area contributed by atoms with Crippen molar-refractivity contribution in [3.8, 4) is 5.88 Å². The van der Waals surface area contributed by atoms with Crippen molar-refractivity contribution in [2.45, 2.75) is 96.7 Å². The third kappa shape index (κ3) is 5.72. The molecule has 3 rings (SSSR count). The van der Waals surface area contributed by atoms with E-state index in [-0.39, 0.29) is 22.9 Å². The van der Waals surface area contributed by atoms with Crippen molar-refractivity contribution in [1.29, 1.82) is 0 Å². The lowest BCUT2D eigenvalue weighted by Gasteiger charge is -2.33. The number of ether oxygens (including phenoxy) is 3. The summed E-state index contributed by atoms with van der Waals surface area (Å²) >= 11 is 1.43. The second-order valence-electron chi connectivity index (χ2n) is 11.1. The second-order valence-corrected chi connectivity index (χ2v) is 12.2. The van der Waals surface area contributed by atoms with Gasteiger partial charge in [0.1, 0.15) is 22.7 Å². The van der Waals surface area contributed by atoms with Crippen LogP contribution in [-0.4, -0.2) is 44.0 Å². The van der Waals surface area contributed by atoms with E-state index in [4.69, 9.17) is 14.2 Å². The normalized spacial score (nSPS) is 18.3. The molecule has 0 radical (unpaired) electrons. The number of aromatic nitrogens is 2. The highest BCUT2D eigenvalue weighted by molar-refractivity contribution is 7.99. The van der Waals surface area contributed by atoms with Gasteiger partial charge in [-0.15, -0.1) is 0 Å². The van der Waals surface area contributed by atoms with Crippen molar-refractivity contribution in [3.05, 3.63) is 27.4 Å². The predicted molar refractivity (Wildman–Crippen MR) is 124 cm³/mol. The zero-order valence-corrected chi connectivity index (χ0v) is 21.6. The summed E-state index contributed by atoms with van der Waals surface area (Å²) < 4.78 is 18.8. The summed E-state index contributed by atoms with van der Waals surface area (Å²) in [5.74, 6) is -2.16. The average molecular weight is 480 g/mol. The van der Waals surface area contributed by atoms with Crippen LogP contribution in [0.25, 0.3) is 0 Å². The monoisotopic (exact) mass is 479 g/mol. The maximum atomic E-state index is 13.5. The van der Waals surface area contributed by atoms with Gasteiger partial charge >= 0.3 is 11.9 Å². The minimum absolute atomic E-state index is 0.00410. The Kier molecular flexibility index (Phi) is 6.38. The summed E-state index contributed by atoms with van der Waals surface area (Å²) in [5, 5.41) is 3.66. The molecule has 9 nitrogen and oxygen atoms in total. The zero-order valence-electron chi connectivity index (χ0n) is 20.7. The largest absolute Gasteiger partial charge is 0.459 e. The van der Waals surface area contributed by atoms with Crippen LogP contribution in [0.4, 0.5) is 0 Å². The molecule has 3 heterocycles. The Hall–Kier alpha value is -2.49. The molecule has 2 aliphatic heterocycles. The first-order valence-electron chi connectivity index (χ1n) is 10.9. The van der Waals surface area contributed by atoms with Crippen molar-refractivity contribution in [1.82, 2.24) is 14.9 Å². The van der Waals surface area contributed by atoms with Crippen LogP contribution in [0.15, 0.2) is 21.4 Å². The van der Waals surface area contributed by atoms with Crippen LogP contribution < -0.4 is 15.6 Å². The summed E-state index contributed by atoms with van der Waals surface area (Å²) in [7, 11) is 0. The Morgan fingerprint density at radius 3 is 2.21 bits per heavy atom. The summed E-state index contributed by atoms with van der Waals surface area (Å²) in [4.78, 5) is 44.9. The molecular weight excluding hydrogens is 446 g/mol. The number of thioether (sulfide) groups is 1. The fraction of sp³-hybridized carbons (Fsp3) is 0.652. The lowest BCUT2D eigenvalue weighted by Crippen LogP contribution is -2.45. The number of hydrogen-bond acceptors (Lipinski definition) is 9. The number of hydrogen-bond donors (Lipinski definition) is 1. The van der Waals surface area contributed by atoms with Gasteiger partial charge in [0.25, 0.3) is 5.56 Å². The van der Waals surface area contributed by atoms with Gasteiger partial charge < -0.3 is 19.5 Å². The van der Waals surface area contributed by atoms with Crippen LogP contribution in [0.3, 0.4) is 0 Å². The molecule has 1 aromatic heterocycles. The number of nitrogens with one attached hydrogen (secondary N) is 1. The second kappa shape index (κ2) is 8.38. The van der Waals surface area contributed by atoms with Crippen molar-refractivity contribution in [3.63, 3.8) is 0 Å². The molecule has 0 spiro atoms. The van der Waals surface area contributed by atoms with Gasteiger partial charge in [-0.3, -0.25) is 14.2 Å². The molecule has 1 atom stereocenters. The van der Waals surface area contributed by atoms with Gasteiger partial charge in [0.05, 0.1) is 5.56 Å². The molecule has 0 saturated carbocycles. The van der Waals surface area contributed by atoms with Gasteiger partial charge in [-0.1, -0.05) is 11.8 Å². The first-order valence-corrected chi connectivity index (χ1v) is 11.9. The Labute approximate surface area is 198 Å². The Balaban J connectivity index is 2.28. The lowest BCUT2D eigenvalue weighted by molar-refractivity contribution is -0.160. The molecule has 0 bridgehead atoms. The molecule has 1 aromatic rings. The maximum absolute atomic E-state index is 13.5. The van der Waals surface area contributed by atoms with Crippen LogP contribution in [0, 0.1) is 0 Å². The number of carbonyl (C=O) groups is 2. The standard InChI is InChI=1S/C23H33N3O6S/c1-21(2,3)25-16-14(19(29)32-23(7,8)9)12(18(28)31-22(4,5)6)13-15(30-16)24-20-26(17(13)27)10-11-33-20/h12,25H,10-11H2,1-9H3. The number of nitrogens with zero attached hydrogens (tertiary/aromatic N) is 2. The highest BCUT2D eigenvalue weighted by Crippen LogP contribution is 2.40. The zero-order chi connectivity index (χ0) is 24.9. The van der Waals surface area contributed by atoms with Gasteiger partial charge in [0, 0.05) is 17.8 Å². The minimum Gasteiger partial charge on any atom is -0.459 e. The molecule has 0 saturated heterocycles. The first-order chi connectivity index (χ1) is 15.0. The highest BCUT2D eigenvalue weighted by Gasteiger charge is 2.46. The fourth-order valence-corrected chi connectivity index (χ4v) is 4.33. The third-order valence-electron chi connectivity index (χ3n) is 4.45. The van der Waals surface area contributed by atoms with E-state index in [2.05, 4.69) is 10.3 Å². The summed E-state index contributed by atoms with van der Waals surface area (Å²) in [5.41, 5.74) is -2.76. The molecule has 33 heavy (non-hydrogen) atoms. The SMILES string of the molecule is CC(C)(C)NC1=C(C(=O)OC(C)(C)C)C(C(=O)OC(C)(C)C)c2c(nc3n(c2=O)CCS3)O1. The van der Waals surface area contributed by atoms with Gasteiger partial charge in [-0.25, -0.2) is 4.79 Å². The number of fused-ring (bicyclic) bond motifs is 2. The fourth-order valence-electron chi connectivity index (χ4n) is 3.39. The smallest absolute Gasteiger partial charge is 0.341 e. The molecule has 1 unspecified atom stereocenters. The van der Waals surface area contributed by atoms with E-state index in [0.717, 1.165) is 0 Å². The van der Waals surface area contributed by atoms with E-state index in [1.807, 2.05) is 20.8 Å². The molecule has 0 aliphatic carbocycles. The first kappa shape index (κ1) is 25.1. The van der Waals surface area contributed by atoms with Crippen LogP contribution in [0.1, 0.15) is 73.8 Å². The van der Waals surface area contributed by atoms with E-state index < -0.39 is 40.2 Å². The number of carbonyl (C=O) groups excluding carboxylic acids is 2. The summed E-state index contributed by atoms with van der Waals surface area (Å²) in [6.07, 6.45) is 0. The van der Waals surface area contributed by atoms with Gasteiger partial charge in [-0.05, 0) is 62.3 Å². The van der Waals surface area contributed by atoms with E-state index in [0.29, 0.717) is 17.5 Å². The molecule has 2 aliphatic rings. The summed E-state index contributed by atoms with van der Waals surface area (Å²) in [6.45, 7) is 16.5. The van der Waals surface area contributed by atoms with E-state index in [9.17, 15) is 14.4 Å². The molecule has 10 heteroatoms. The van der Waals surface area contributed by atoms with Crippen LogP contribution in [0.2, 0.25) is 0 Å². The van der Waals surface area contributed by atoms with E-state index >= 15 is 0 Å². The van der Waals surface area contributed by atoms with Crippen LogP contribution >= 0.6 is 11.8 Å². The molecular formula is C23H33N3O6S. The van der Waals surface area contributed by atoms with Crippen LogP contribution in [-0.2, 0) is 25.6 Å². The van der Waals surface area contributed by atoms with Gasteiger partial charge in [0.2, 0.25) is 11.8 Å². The Morgan fingerprint density at radius 2 is 1.67 bits per heavy atom. The lowest BCUT2D eigenvalue weighted by atomic mass is 9.89. The third-order valence-corrected chi connectivity index (χ3v) is 5.41. The van der Waals surface area contributed by atoms with Crippen molar-refractivity contribution in [2.24, 2.45) is 0 Å². The average Bonchev–Trinajstić information content (AvgIpc) is 3.04. The van der Waals surface area contributed by atoms with Crippen molar-refractivity contribution >= 4 is 23.7 Å². The van der Waals surface area contributed by atoms with Gasteiger partial charge in [0.15, 0.2) is 5.16 Å². The minimum atomic E-state index is -1.35. The molecule has 0 aromatic carbocycles. The number of esters is 2. The predicted octanol–water partition coefficient (Wildman–Crippen LogP) is 3.11. The molecule has 182 valence electrons. The molecule has 0 fully saturated rings. The Bertz CT molecular complexity index is 1070. The maximum Gasteiger partial charge on any atom is 0.341 e. The topological polar surface area (TPSA) is 109 Å². The van der Waals surface area contributed by atoms with Gasteiger partial charge in [-0.2, -0.15) is 4.98 Å². The molecule has 0 amide bonds. The van der Waals surface area contributed by atoms with E-state index in [1.54, 1.807) is 41.5 Å².